The normalized spacial score (nSPS) is 35.8. The molecule has 0 saturated heterocycles. The van der Waals surface area contributed by atoms with Gasteiger partial charge in [-0.05, 0) is 51.0 Å². The lowest BCUT2D eigenvalue weighted by Gasteiger charge is -2.40. The molecule has 2 saturated carbocycles. The molecule has 0 aromatic heterocycles. The molecule has 2 nitrogen and oxygen atoms in total. The van der Waals surface area contributed by atoms with E-state index in [1.54, 1.807) is 0 Å². The Hall–Kier alpha value is -0.0800. The van der Waals surface area contributed by atoms with Gasteiger partial charge in [-0.1, -0.05) is 39.5 Å². The van der Waals surface area contributed by atoms with Crippen molar-refractivity contribution in [3.05, 3.63) is 0 Å². The fraction of sp³-hybridized carbons (Fsp3) is 1.00. The molecule has 0 bridgehead atoms. The van der Waals surface area contributed by atoms with E-state index < -0.39 is 0 Å². The zero-order valence-electron chi connectivity index (χ0n) is 13.2. The van der Waals surface area contributed by atoms with E-state index in [-0.39, 0.29) is 5.60 Å². The maximum Gasteiger partial charge on any atom is 0.0809 e. The summed E-state index contributed by atoms with van der Waals surface area (Å²) in [6, 6.07) is 0. The molecule has 0 amide bonds. The molecule has 2 rings (SSSR count). The van der Waals surface area contributed by atoms with Crippen LogP contribution in [0.5, 0.6) is 0 Å². The summed E-state index contributed by atoms with van der Waals surface area (Å²) in [5, 5.41) is 3.39. The van der Waals surface area contributed by atoms with Crippen LogP contribution in [0.2, 0.25) is 0 Å². The number of hydrogen-bond acceptors (Lipinski definition) is 2. The largest absolute Gasteiger partial charge is 0.370 e. The average molecular weight is 267 g/mol. The summed E-state index contributed by atoms with van der Waals surface area (Å²) in [6.45, 7) is 5.83. The Morgan fingerprint density at radius 2 is 1.68 bits per heavy atom. The Morgan fingerprint density at radius 1 is 1.00 bits per heavy atom. The third-order valence-electron chi connectivity index (χ3n) is 5.48. The standard InChI is InChI=1S/C17H33NO/c1-14-8-9-16(12-15(14)2)19-17(13-18-3)10-6-4-5-7-11-17/h14-16,18H,4-13H2,1-3H3. The van der Waals surface area contributed by atoms with E-state index in [2.05, 4.69) is 26.2 Å². The van der Waals surface area contributed by atoms with Crippen molar-refractivity contribution < 1.29 is 4.74 Å². The van der Waals surface area contributed by atoms with Gasteiger partial charge in [0, 0.05) is 6.54 Å². The molecule has 3 atom stereocenters. The van der Waals surface area contributed by atoms with Gasteiger partial charge in [-0.3, -0.25) is 0 Å². The number of ether oxygens (including phenoxy) is 1. The monoisotopic (exact) mass is 267 g/mol. The number of rotatable bonds is 4. The summed E-state index contributed by atoms with van der Waals surface area (Å²) < 4.78 is 6.70. The Balaban J connectivity index is 1.95. The van der Waals surface area contributed by atoms with E-state index in [1.807, 2.05) is 0 Å². The highest BCUT2D eigenvalue weighted by atomic mass is 16.5. The van der Waals surface area contributed by atoms with Crippen molar-refractivity contribution in [2.75, 3.05) is 13.6 Å². The molecule has 2 heteroatoms. The van der Waals surface area contributed by atoms with Gasteiger partial charge in [0.15, 0.2) is 0 Å². The highest BCUT2D eigenvalue weighted by Crippen LogP contribution is 2.37. The molecule has 0 aromatic carbocycles. The first kappa shape index (κ1) is 15.3. The Bertz CT molecular complexity index is 258. The van der Waals surface area contributed by atoms with Crippen molar-refractivity contribution in [1.82, 2.24) is 5.32 Å². The quantitative estimate of drug-likeness (QED) is 0.773. The first-order valence-electron chi connectivity index (χ1n) is 8.48. The summed E-state index contributed by atoms with van der Waals surface area (Å²) >= 11 is 0. The molecule has 3 unspecified atom stereocenters. The van der Waals surface area contributed by atoms with Crippen LogP contribution in [0.3, 0.4) is 0 Å². The Morgan fingerprint density at radius 3 is 2.26 bits per heavy atom. The summed E-state index contributed by atoms with van der Waals surface area (Å²) in [4.78, 5) is 0. The summed E-state index contributed by atoms with van der Waals surface area (Å²) in [6.07, 6.45) is 12.4. The second kappa shape index (κ2) is 7.08. The molecule has 19 heavy (non-hydrogen) atoms. The van der Waals surface area contributed by atoms with Crippen molar-refractivity contribution in [3.8, 4) is 0 Å². The van der Waals surface area contributed by atoms with Gasteiger partial charge in [-0.25, -0.2) is 0 Å². The molecule has 112 valence electrons. The first-order valence-corrected chi connectivity index (χ1v) is 8.48. The van der Waals surface area contributed by atoms with E-state index >= 15 is 0 Å². The van der Waals surface area contributed by atoms with Crippen LogP contribution in [0.4, 0.5) is 0 Å². The lowest BCUT2D eigenvalue weighted by Crippen LogP contribution is -2.45. The average Bonchev–Trinajstić information content (AvgIpc) is 2.60. The molecule has 0 heterocycles. The van der Waals surface area contributed by atoms with Gasteiger partial charge < -0.3 is 10.1 Å². The highest BCUT2D eigenvalue weighted by Gasteiger charge is 2.36. The highest BCUT2D eigenvalue weighted by molar-refractivity contribution is 4.88. The number of nitrogens with one attached hydrogen (secondary N) is 1. The van der Waals surface area contributed by atoms with Crippen LogP contribution in [-0.2, 0) is 4.74 Å². The number of likely N-dealkylation sites (N-methyl/N-ethyl adjacent to an activating group) is 1. The predicted octanol–water partition coefficient (Wildman–Crippen LogP) is 4.14. The topological polar surface area (TPSA) is 21.3 Å². The van der Waals surface area contributed by atoms with Gasteiger partial charge in [0.25, 0.3) is 0 Å². The molecule has 1 N–H and O–H groups in total. The lowest BCUT2D eigenvalue weighted by atomic mass is 9.79. The van der Waals surface area contributed by atoms with Gasteiger partial charge in [0.05, 0.1) is 11.7 Å². The van der Waals surface area contributed by atoms with Crippen LogP contribution in [0.1, 0.15) is 71.6 Å². The van der Waals surface area contributed by atoms with E-state index in [1.165, 1.54) is 57.8 Å². The first-order chi connectivity index (χ1) is 9.15. The molecule has 2 aliphatic carbocycles. The van der Waals surface area contributed by atoms with Crippen molar-refractivity contribution in [3.63, 3.8) is 0 Å². The van der Waals surface area contributed by atoms with Gasteiger partial charge in [0.1, 0.15) is 0 Å². The molecular weight excluding hydrogens is 234 g/mol. The Labute approximate surface area is 119 Å². The SMILES string of the molecule is CNCC1(OC2CCC(C)C(C)C2)CCCCCC1. The molecule has 0 aliphatic heterocycles. The Kier molecular flexibility index (Phi) is 5.70. The van der Waals surface area contributed by atoms with Crippen LogP contribution in [-0.4, -0.2) is 25.3 Å². The maximum atomic E-state index is 6.70. The molecule has 2 aliphatic rings. The van der Waals surface area contributed by atoms with Crippen LogP contribution >= 0.6 is 0 Å². The molecule has 2 fully saturated rings. The molecular formula is C17H33NO. The number of hydrogen-bond donors (Lipinski definition) is 1. The fourth-order valence-electron chi connectivity index (χ4n) is 3.99. The van der Waals surface area contributed by atoms with Crippen LogP contribution in [0.15, 0.2) is 0 Å². The van der Waals surface area contributed by atoms with Gasteiger partial charge in [-0.15, -0.1) is 0 Å². The summed E-state index contributed by atoms with van der Waals surface area (Å²) in [7, 11) is 2.07. The minimum atomic E-state index is 0.135. The fourth-order valence-corrected chi connectivity index (χ4v) is 3.99. The van der Waals surface area contributed by atoms with Crippen LogP contribution < -0.4 is 5.32 Å². The second-order valence-corrected chi connectivity index (χ2v) is 7.14. The minimum Gasteiger partial charge on any atom is -0.370 e. The van der Waals surface area contributed by atoms with Gasteiger partial charge in [0.2, 0.25) is 0 Å². The van der Waals surface area contributed by atoms with Crippen molar-refractivity contribution in [1.29, 1.82) is 0 Å². The van der Waals surface area contributed by atoms with Crippen LogP contribution in [0.25, 0.3) is 0 Å². The van der Waals surface area contributed by atoms with Crippen LogP contribution in [0, 0.1) is 11.8 Å². The lowest BCUT2D eigenvalue weighted by molar-refractivity contribution is -0.121. The van der Waals surface area contributed by atoms with Crippen molar-refractivity contribution in [2.24, 2.45) is 11.8 Å². The van der Waals surface area contributed by atoms with Gasteiger partial charge >= 0.3 is 0 Å². The van der Waals surface area contributed by atoms with E-state index in [0.717, 1.165) is 18.4 Å². The second-order valence-electron chi connectivity index (χ2n) is 7.14. The smallest absolute Gasteiger partial charge is 0.0809 e. The third-order valence-corrected chi connectivity index (χ3v) is 5.48. The zero-order valence-corrected chi connectivity index (χ0v) is 13.2. The summed E-state index contributed by atoms with van der Waals surface area (Å²) in [5.74, 6) is 1.71. The summed E-state index contributed by atoms with van der Waals surface area (Å²) in [5.41, 5.74) is 0.135. The molecule has 0 aromatic rings. The molecule has 0 spiro atoms. The van der Waals surface area contributed by atoms with Gasteiger partial charge in [-0.2, -0.15) is 0 Å². The minimum absolute atomic E-state index is 0.135. The van der Waals surface area contributed by atoms with Crippen molar-refractivity contribution in [2.45, 2.75) is 83.3 Å². The van der Waals surface area contributed by atoms with E-state index in [0.29, 0.717) is 6.10 Å². The molecule has 0 radical (unpaired) electrons. The van der Waals surface area contributed by atoms with Crippen molar-refractivity contribution >= 4 is 0 Å². The maximum absolute atomic E-state index is 6.70. The van der Waals surface area contributed by atoms with E-state index in [4.69, 9.17) is 4.74 Å². The predicted molar refractivity (Wildman–Crippen MR) is 81.4 cm³/mol. The third kappa shape index (κ3) is 4.19. The zero-order chi connectivity index (χ0) is 13.7. The van der Waals surface area contributed by atoms with E-state index in [9.17, 15) is 0 Å².